The van der Waals surface area contributed by atoms with Crippen LogP contribution in [0.3, 0.4) is 0 Å². The minimum Gasteiger partial charge on any atom is -0.454 e. The van der Waals surface area contributed by atoms with E-state index in [0.717, 1.165) is 11.1 Å². The first-order chi connectivity index (χ1) is 10.5. The van der Waals surface area contributed by atoms with Gasteiger partial charge >= 0.3 is 0 Å². The molecule has 0 amide bonds. The molecule has 3 rings (SSSR count). The summed E-state index contributed by atoms with van der Waals surface area (Å²) in [7, 11) is -1.94. The number of aryl methyl sites for hydroxylation is 1. The molecule has 6 heteroatoms. The Morgan fingerprint density at radius 3 is 2.64 bits per heavy atom. The van der Waals surface area contributed by atoms with Gasteiger partial charge in [-0.05, 0) is 42.3 Å². The number of ether oxygens (including phenoxy) is 2. The average molecular weight is 319 g/mol. The van der Waals surface area contributed by atoms with Gasteiger partial charge in [-0.15, -0.1) is 0 Å². The number of fused-ring (bicyclic) bond motifs is 1. The predicted molar refractivity (Wildman–Crippen MR) is 82.4 cm³/mol. The van der Waals surface area contributed by atoms with Crippen LogP contribution >= 0.6 is 0 Å². The minimum atomic E-state index is -3.51. The lowest BCUT2D eigenvalue weighted by Gasteiger charge is -2.17. The summed E-state index contributed by atoms with van der Waals surface area (Å²) in [5, 5.41) is 0. The van der Waals surface area contributed by atoms with Crippen LogP contribution < -0.4 is 9.47 Å². The number of nitrogens with zero attached hydrogens (tertiary/aromatic N) is 1. The fourth-order valence-corrected chi connectivity index (χ4v) is 3.60. The van der Waals surface area contributed by atoms with Crippen LogP contribution in [-0.4, -0.2) is 26.6 Å². The fourth-order valence-electron chi connectivity index (χ4n) is 2.34. The molecule has 0 aliphatic carbocycles. The second-order valence-corrected chi connectivity index (χ2v) is 7.31. The van der Waals surface area contributed by atoms with Gasteiger partial charge in [0.05, 0.1) is 4.90 Å². The normalized spacial score (nSPS) is 13.6. The van der Waals surface area contributed by atoms with Crippen LogP contribution in [0.1, 0.15) is 11.1 Å². The molecule has 22 heavy (non-hydrogen) atoms. The zero-order valence-corrected chi connectivity index (χ0v) is 13.3. The van der Waals surface area contributed by atoms with Crippen LogP contribution in [0.15, 0.2) is 47.4 Å². The number of rotatable bonds is 4. The van der Waals surface area contributed by atoms with Crippen molar-refractivity contribution in [3.8, 4) is 11.5 Å². The first-order valence-electron chi connectivity index (χ1n) is 6.88. The van der Waals surface area contributed by atoms with Crippen molar-refractivity contribution in [3.63, 3.8) is 0 Å². The molecule has 0 saturated heterocycles. The van der Waals surface area contributed by atoms with Gasteiger partial charge in [-0.25, -0.2) is 8.42 Å². The quantitative estimate of drug-likeness (QED) is 0.869. The lowest BCUT2D eigenvalue weighted by molar-refractivity contribution is 0.174. The Labute approximate surface area is 130 Å². The van der Waals surface area contributed by atoms with E-state index in [-0.39, 0.29) is 13.3 Å². The Bertz CT molecular complexity index is 802. The number of hydrogen-bond donors (Lipinski definition) is 0. The molecule has 0 bridgehead atoms. The minimum absolute atomic E-state index is 0.205. The van der Waals surface area contributed by atoms with Crippen LogP contribution in [0.2, 0.25) is 0 Å². The molecular weight excluding hydrogens is 302 g/mol. The Kier molecular flexibility index (Phi) is 3.80. The summed E-state index contributed by atoms with van der Waals surface area (Å²) in [6.45, 7) is 2.35. The molecule has 0 saturated carbocycles. The van der Waals surface area contributed by atoms with Crippen molar-refractivity contribution in [1.29, 1.82) is 0 Å². The second kappa shape index (κ2) is 5.62. The maximum absolute atomic E-state index is 12.6. The van der Waals surface area contributed by atoms with Crippen molar-refractivity contribution in [2.24, 2.45) is 0 Å². The third-order valence-corrected chi connectivity index (χ3v) is 5.34. The highest BCUT2D eigenvalue weighted by Gasteiger charge is 2.22. The number of hydrogen-bond acceptors (Lipinski definition) is 4. The number of benzene rings is 2. The van der Waals surface area contributed by atoms with Crippen LogP contribution in [-0.2, 0) is 16.6 Å². The monoisotopic (exact) mass is 319 g/mol. The molecule has 0 aromatic heterocycles. The summed E-state index contributed by atoms with van der Waals surface area (Å²) in [5.41, 5.74) is 1.76. The standard InChI is InChI=1S/C16H17NO4S/c1-12-4-3-5-14(8-12)22(18,19)17(2)10-13-6-7-15-16(9-13)21-11-20-15/h3-9H,10-11H2,1-2H3. The first-order valence-corrected chi connectivity index (χ1v) is 8.32. The zero-order valence-electron chi connectivity index (χ0n) is 12.4. The molecular formula is C16H17NO4S. The molecule has 0 spiro atoms. The predicted octanol–water partition coefficient (Wildman–Crippen LogP) is 2.54. The van der Waals surface area contributed by atoms with Crippen molar-refractivity contribution in [3.05, 3.63) is 53.6 Å². The van der Waals surface area contributed by atoms with Crippen molar-refractivity contribution < 1.29 is 17.9 Å². The molecule has 116 valence electrons. The SMILES string of the molecule is Cc1cccc(S(=O)(=O)N(C)Cc2ccc3c(c2)OCO3)c1. The second-order valence-electron chi connectivity index (χ2n) is 5.27. The van der Waals surface area contributed by atoms with E-state index < -0.39 is 10.0 Å². The van der Waals surface area contributed by atoms with Crippen molar-refractivity contribution in [2.75, 3.05) is 13.8 Å². The third kappa shape index (κ3) is 2.80. The van der Waals surface area contributed by atoms with Gasteiger partial charge in [0.1, 0.15) is 0 Å². The largest absolute Gasteiger partial charge is 0.454 e. The Morgan fingerprint density at radius 2 is 1.86 bits per heavy atom. The van der Waals surface area contributed by atoms with Crippen LogP contribution in [0.25, 0.3) is 0 Å². The molecule has 0 N–H and O–H groups in total. The van der Waals surface area contributed by atoms with Gasteiger partial charge < -0.3 is 9.47 Å². The molecule has 0 fully saturated rings. The smallest absolute Gasteiger partial charge is 0.243 e. The van der Waals surface area contributed by atoms with Gasteiger partial charge in [-0.1, -0.05) is 18.2 Å². The van der Waals surface area contributed by atoms with E-state index in [2.05, 4.69) is 0 Å². The first kappa shape index (κ1) is 14.9. The van der Waals surface area contributed by atoms with E-state index in [1.165, 1.54) is 4.31 Å². The molecule has 0 radical (unpaired) electrons. The van der Waals surface area contributed by atoms with E-state index in [1.54, 1.807) is 31.3 Å². The summed E-state index contributed by atoms with van der Waals surface area (Å²) in [6, 6.07) is 12.3. The van der Waals surface area contributed by atoms with Crippen molar-refractivity contribution in [2.45, 2.75) is 18.4 Å². The lowest BCUT2D eigenvalue weighted by atomic mass is 10.2. The molecule has 2 aromatic carbocycles. The van der Waals surface area contributed by atoms with Crippen LogP contribution in [0.4, 0.5) is 0 Å². The Hall–Kier alpha value is -2.05. The molecule has 2 aromatic rings. The molecule has 1 aliphatic heterocycles. The molecule has 1 heterocycles. The van der Waals surface area contributed by atoms with E-state index >= 15 is 0 Å². The molecule has 5 nitrogen and oxygen atoms in total. The van der Waals surface area contributed by atoms with E-state index in [1.807, 2.05) is 25.1 Å². The van der Waals surface area contributed by atoms with Crippen LogP contribution in [0.5, 0.6) is 11.5 Å². The van der Waals surface area contributed by atoms with E-state index in [9.17, 15) is 8.42 Å². The summed E-state index contributed by atoms with van der Waals surface area (Å²) in [4.78, 5) is 0.302. The van der Waals surface area contributed by atoms with E-state index in [0.29, 0.717) is 16.4 Å². The van der Waals surface area contributed by atoms with Crippen molar-refractivity contribution >= 4 is 10.0 Å². The number of sulfonamides is 1. The third-order valence-electron chi connectivity index (χ3n) is 3.54. The average Bonchev–Trinajstić information content (AvgIpc) is 2.94. The molecule has 1 aliphatic rings. The molecule has 0 atom stereocenters. The highest BCUT2D eigenvalue weighted by Crippen LogP contribution is 2.33. The zero-order chi connectivity index (χ0) is 15.7. The van der Waals surface area contributed by atoms with E-state index in [4.69, 9.17) is 9.47 Å². The molecule has 0 unspecified atom stereocenters. The van der Waals surface area contributed by atoms with Gasteiger partial charge in [0, 0.05) is 13.6 Å². The highest BCUT2D eigenvalue weighted by molar-refractivity contribution is 7.89. The maximum Gasteiger partial charge on any atom is 0.243 e. The maximum atomic E-state index is 12.6. The topological polar surface area (TPSA) is 55.8 Å². The fraction of sp³-hybridized carbons (Fsp3) is 0.250. The van der Waals surface area contributed by atoms with Gasteiger partial charge in [0.25, 0.3) is 0 Å². The highest BCUT2D eigenvalue weighted by atomic mass is 32.2. The summed E-state index contributed by atoms with van der Waals surface area (Å²) < 4.78 is 37.1. The summed E-state index contributed by atoms with van der Waals surface area (Å²) in [5.74, 6) is 1.34. The van der Waals surface area contributed by atoms with Crippen molar-refractivity contribution in [1.82, 2.24) is 4.31 Å². The summed E-state index contributed by atoms with van der Waals surface area (Å²) >= 11 is 0. The summed E-state index contributed by atoms with van der Waals surface area (Å²) in [6.07, 6.45) is 0. The Morgan fingerprint density at radius 1 is 1.09 bits per heavy atom. The van der Waals surface area contributed by atoms with Gasteiger partial charge in [0.2, 0.25) is 16.8 Å². The Balaban J connectivity index is 1.83. The van der Waals surface area contributed by atoms with Gasteiger partial charge in [-0.2, -0.15) is 4.31 Å². The van der Waals surface area contributed by atoms with Gasteiger partial charge in [-0.3, -0.25) is 0 Å². The lowest BCUT2D eigenvalue weighted by Crippen LogP contribution is -2.26. The van der Waals surface area contributed by atoms with Crippen LogP contribution in [0, 0.1) is 6.92 Å². The van der Waals surface area contributed by atoms with Gasteiger partial charge in [0.15, 0.2) is 11.5 Å².